The van der Waals surface area contributed by atoms with Crippen LogP contribution in [-0.4, -0.2) is 51.8 Å². The average Bonchev–Trinajstić information content (AvgIpc) is 3.20. The number of anilines is 3. The maximum Gasteiger partial charge on any atom is 0.238 e. The number of hydrogen-bond acceptors (Lipinski definition) is 9. The molecule has 0 fully saturated rings. The van der Waals surface area contributed by atoms with Crippen LogP contribution >= 0.6 is 11.3 Å². The number of aromatic nitrogens is 2. The Morgan fingerprint density at radius 3 is 2.66 bits per heavy atom. The molecule has 0 amide bonds. The molecule has 3 aromatic rings. The molecule has 3 N–H and O–H groups in total. The Morgan fingerprint density at radius 2 is 2.03 bits per heavy atom. The Morgan fingerprint density at radius 1 is 1.25 bits per heavy atom. The van der Waals surface area contributed by atoms with Gasteiger partial charge in [0.15, 0.2) is 5.13 Å². The third-order valence-electron chi connectivity index (χ3n) is 4.45. The molecule has 0 saturated carbocycles. The van der Waals surface area contributed by atoms with Crippen LogP contribution < -0.4 is 20.1 Å². The van der Waals surface area contributed by atoms with Crippen LogP contribution in [0.5, 0.6) is 5.75 Å². The normalized spacial score (nSPS) is 11.6. The first-order valence-electron chi connectivity index (χ1n) is 9.90. The number of hydrogen-bond donors (Lipinski definition) is 2. The number of nitrogens with two attached hydrogens (primary N) is 1. The summed E-state index contributed by atoms with van der Waals surface area (Å²) in [6.07, 6.45) is 1.68. The van der Waals surface area contributed by atoms with Crippen molar-refractivity contribution in [2.24, 2.45) is 5.14 Å². The van der Waals surface area contributed by atoms with Crippen LogP contribution in [0, 0.1) is 0 Å². The maximum absolute atomic E-state index is 11.8. The maximum atomic E-state index is 11.8. The van der Waals surface area contributed by atoms with Gasteiger partial charge < -0.3 is 19.7 Å². The minimum absolute atomic E-state index is 0.00901. The van der Waals surface area contributed by atoms with Crippen LogP contribution in [0.15, 0.2) is 46.8 Å². The molecule has 0 bridgehead atoms. The van der Waals surface area contributed by atoms with Crippen LogP contribution in [0.2, 0.25) is 0 Å². The number of rotatable bonds is 10. The lowest BCUT2D eigenvalue weighted by atomic mass is 10.2. The number of ether oxygens (including phenoxy) is 2. The van der Waals surface area contributed by atoms with Crippen LogP contribution in [0.1, 0.15) is 13.8 Å². The van der Waals surface area contributed by atoms with Crippen molar-refractivity contribution in [2.75, 3.05) is 37.5 Å². The predicted octanol–water partition coefficient (Wildman–Crippen LogP) is 3.47. The van der Waals surface area contributed by atoms with E-state index in [-0.39, 0.29) is 11.0 Å². The highest BCUT2D eigenvalue weighted by atomic mass is 32.2. The molecule has 11 heteroatoms. The second-order valence-corrected chi connectivity index (χ2v) is 9.77. The molecule has 32 heavy (non-hydrogen) atoms. The number of likely N-dealkylation sites (N-methyl/N-ethyl adjacent to an activating group) is 1. The van der Waals surface area contributed by atoms with Crippen LogP contribution in [0.4, 0.5) is 16.6 Å². The van der Waals surface area contributed by atoms with E-state index in [1.54, 1.807) is 19.4 Å². The highest BCUT2D eigenvalue weighted by Gasteiger charge is 2.15. The van der Waals surface area contributed by atoms with Crippen molar-refractivity contribution in [1.82, 2.24) is 9.97 Å². The summed E-state index contributed by atoms with van der Waals surface area (Å²) in [5.41, 5.74) is 2.10. The highest BCUT2D eigenvalue weighted by Crippen LogP contribution is 2.33. The number of nitrogens with one attached hydrogen (secondary N) is 1. The number of benzene rings is 1. The number of sulfonamides is 1. The molecule has 0 atom stereocenters. The second-order valence-electron chi connectivity index (χ2n) is 7.35. The van der Waals surface area contributed by atoms with Gasteiger partial charge in [0, 0.05) is 37.8 Å². The van der Waals surface area contributed by atoms with Gasteiger partial charge in [0.05, 0.1) is 29.0 Å². The average molecular weight is 478 g/mol. The Balaban J connectivity index is 1.81. The quantitative estimate of drug-likeness (QED) is 0.456. The number of nitrogens with zero attached hydrogens (tertiary/aromatic N) is 3. The lowest BCUT2D eigenvalue weighted by Crippen LogP contribution is -2.22. The summed E-state index contributed by atoms with van der Waals surface area (Å²) in [6.45, 7) is 5.15. The van der Waals surface area contributed by atoms with Crippen molar-refractivity contribution in [3.8, 4) is 17.0 Å². The zero-order valence-electron chi connectivity index (χ0n) is 18.4. The van der Waals surface area contributed by atoms with Crippen LogP contribution in [-0.2, 0) is 14.8 Å². The monoisotopic (exact) mass is 477 g/mol. The fourth-order valence-electron chi connectivity index (χ4n) is 2.83. The summed E-state index contributed by atoms with van der Waals surface area (Å²) in [7, 11) is -0.226. The summed E-state index contributed by atoms with van der Waals surface area (Å²) < 4.78 is 34.4. The Labute approximate surface area is 192 Å². The molecule has 2 heterocycles. The third-order valence-corrected chi connectivity index (χ3v) is 6.12. The van der Waals surface area contributed by atoms with E-state index in [4.69, 9.17) is 14.6 Å². The van der Waals surface area contributed by atoms with E-state index in [0.717, 1.165) is 23.6 Å². The van der Waals surface area contributed by atoms with Gasteiger partial charge in [-0.1, -0.05) is 0 Å². The fourth-order valence-corrected chi connectivity index (χ4v) is 4.10. The summed E-state index contributed by atoms with van der Waals surface area (Å²) in [4.78, 5) is 11.1. The van der Waals surface area contributed by atoms with E-state index in [0.29, 0.717) is 23.2 Å². The first-order chi connectivity index (χ1) is 15.2. The first kappa shape index (κ1) is 23.9. The topological polar surface area (TPSA) is 120 Å². The van der Waals surface area contributed by atoms with Crippen LogP contribution in [0.25, 0.3) is 11.3 Å². The summed E-state index contributed by atoms with van der Waals surface area (Å²) >= 11 is 1.39. The van der Waals surface area contributed by atoms with Gasteiger partial charge >= 0.3 is 0 Å². The Hall–Kier alpha value is -2.73. The van der Waals surface area contributed by atoms with Gasteiger partial charge in [0.1, 0.15) is 11.6 Å². The standard InChI is InChI=1S/C21H27N5O4S2/c1-14(2)30-19-7-6-16(32(22,27)28)11-17(19)24-21-25-18(13-31-21)15-5-8-20(23-12-15)26(3)9-10-29-4/h5-8,11-14H,9-10H2,1-4H3,(H,24,25)(H2,22,27,28). The summed E-state index contributed by atoms with van der Waals surface area (Å²) in [6, 6.07) is 8.34. The molecular weight excluding hydrogens is 450 g/mol. The van der Waals surface area contributed by atoms with Crippen molar-refractivity contribution in [3.63, 3.8) is 0 Å². The van der Waals surface area contributed by atoms with Gasteiger partial charge in [-0.25, -0.2) is 23.5 Å². The number of methoxy groups -OCH3 is 1. The van der Waals surface area contributed by atoms with Crippen molar-refractivity contribution in [1.29, 1.82) is 0 Å². The van der Waals surface area contributed by atoms with E-state index in [1.807, 2.05) is 43.3 Å². The molecular formula is C21H27N5O4S2. The number of primary sulfonamides is 1. The molecule has 2 aromatic heterocycles. The van der Waals surface area contributed by atoms with E-state index in [9.17, 15) is 8.42 Å². The van der Waals surface area contributed by atoms with Gasteiger partial charge in [-0.3, -0.25) is 0 Å². The van der Waals surface area contributed by atoms with Crippen LogP contribution in [0.3, 0.4) is 0 Å². The van der Waals surface area contributed by atoms with Gasteiger partial charge in [-0.05, 0) is 44.2 Å². The zero-order valence-corrected chi connectivity index (χ0v) is 20.0. The Kier molecular flexibility index (Phi) is 7.67. The molecule has 0 saturated heterocycles. The predicted molar refractivity (Wildman–Crippen MR) is 127 cm³/mol. The number of pyridine rings is 1. The van der Waals surface area contributed by atoms with E-state index >= 15 is 0 Å². The summed E-state index contributed by atoms with van der Waals surface area (Å²) in [5.74, 6) is 1.35. The molecule has 172 valence electrons. The van der Waals surface area contributed by atoms with E-state index < -0.39 is 10.0 Å². The third kappa shape index (κ3) is 6.16. The lowest BCUT2D eigenvalue weighted by molar-refractivity contribution is 0.206. The smallest absolute Gasteiger partial charge is 0.238 e. The van der Waals surface area contributed by atoms with E-state index in [1.165, 1.54) is 23.5 Å². The van der Waals surface area contributed by atoms with Gasteiger partial charge in [-0.2, -0.15) is 0 Å². The highest BCUT2D eigenvalue weighted by molar-refractivity contribution is 7.89. The minimum atomic E-state index is -3.85. The van der Waals surface area contributed by atoms with E-state index in [2.05, 4.69) is 15.3 Å². The van der Waals surface area contributed by atoms with Crippen molar-refractivity contribution in [2.45, 2.75) is 24.8 Å². The van der Waals surface area contributed by atoms with Crippen molar-refractivity contribution < 1.29 is 17.9 Å². The Bertz CT molecular complexity index is 1150. The molecule has 3 rings (SSSR count). The molecule has 0 aliphatic rings. The van der Waals surface area contributed by atoms with Gasteiger partial charge in [0.2, 0.25) is 10.0 Å². The molecule has 0 unspecified atom stereocenters. The molecule has 0 radical (unpaired) electrons. The molecule has 0 spiro atoms. The molecule has 1 aromatic carbocycles. The first-order valence-corrected chi connectivity index (χ1v) is 12.3. The SMILES string of the molecule is COCCN(C)c1ccc(-c2csc(Nc3cc(S(N)(=O)=O)ccc3OC(C)C)n2)cn1. The molecule has 0 aliphatic heterocycles. The lowest BCUT2D eigenvalue weighted by Gasteiger charge is -2.17. The number of thiazole rings is 1. The second kappa shape index (κ2) is 10.3. The van der Waals surface area contributed by atoms with Gasteiger partial charge in [-0.15, -0.1) is 11.3 Å². The van der Waals surface area contributed by atoms with Crippen molar-refractivity contribution >= 4 is 38.0 Å². The fraction of sp³-hybridized carbons (Fsp3) is 0.333. The van der Waals surface area contributed by atoms with Gasteiger partial charge in [0.25, 0.3) is 0 Å². The largest absolute Gasteiger partial charge is 0.489 e. The van der Waals surface area contributed by atoms with Crippen molar-refractivity contribution in [3.05, 3.63) is 41.9 Å². The molecule has 9 nitrogen and oxygen atoms in total. The zero-order chi connectivity index (χ0) is 23.3. The minimum Gasteiger partial charge on any atom is -0.489 e. The summed E-state index contributed by atoms with van der Waals surface area (Å²) in [5, 5.41) is 10.9. The molecule has 0 aliphatic carbocycles.